The summed E-state index contributed by atoms with van der Waals surface area (Å²) in [6.45, 7) is 0.532. The summed E-state index contributed by atoms with van der Waals surface area (Å²) in [7, 11) is 1.80. The van der Waals surface area contributed by atoms with Crippen LogP contribution in [0, 0.1) is 0 Å². The molecule has 0 spiro atoms. The molecule has 0 aromatic carbocycles. The van der Waals surface area contributed by atoms with Gasteiger partial charge < -0.3 is 10.4 Å². The van der Waals surface area contributed by atoms with Crippen LogP contribution in [0.3, 0.4) is 0 Å². The smallest absolute Gasteiger partial charge is 0.155 e. The molecule has 0 fully saturated rings. The second-order valence-electron chi connectivity index (χ2n) is 3.10. The summed E-state index contributed by atoms with van der Waals surface area (Å²) in [5, 5.41) is 16.6. The van der Waals surface area contributed by atoms with Crippen LogP contribution in [0.2, 0.25) is 0 Å². The summed E-state index contributed by atoms with van der Waals surface area (Å²) >= 11 is 0. The summed E-state index contributed by atoms with van der Waals surface area (Å²) in [4.78, 5) is 4.04. The maximum absolute atomic E-state index is 9.70. The fourth-order valence-corrected chi connectivity index (χ4v) is 1.35. The van der Waals surface area contributed by atoms with Crippen LogP contribution in [-0.2, 0) is 0 Å². The number of hydrogen-bond donors (Lipinski definition) is 2. The van der Waals surface area contributed by atoms with Crippen LogP contribution in [0.4, 0.5) is 0 Å². The van der Waals surface area contributed by atoms with Crippen LogP contribution in [0.25, 0.3) is 5.65 Å². The van der Waals surface area contributed by atoms with Gasteiger partial charge in [-0.15, -0.1) is 0 Å². The van der Waals surface area contributed by atoms with Crippen molar-refractivity contribution in [3.05, 3.63) is 30.2 Å². The molecule has 5 nitrogen and oxygen atoms in total. The summed E-state index contributed by atoms with van der Waals surface area (Å²) in [5.41, 5.74) is 1.59. The predicted molar refractivity (Wildman–Crippen MR) is 51.9 cm³/mol. The number of hydrogen-bond acceptors (Lipinski definition) is 4. The molecule has 0 amide bonds. The number of fused-ring (bicyclic) bond motifs is 1. The molecule has 0 saturated heterocycles. The standard InChI is InChI=1S/C9H12N4O/c1-10-5-8(14)7-2-3-13-9(4-7)11-6-12-13/h2-4,6,8,10,14H,5H2,1H3. The Morgan fingerprint density at radius 3 is 3.29 bits per heavy atom. The van der Waals surface area contributed by atoms with Crippen molar-refractivity contribution in [2.75, 3.05) is 13.6 Å². The number of aliphatic hydroxyl groups excluding tert-OH is 1. The maximum atomic E-state index is 9.70. The first-order valence-corrected chi connectivity index (χ1v) is 4.43. The zero-order valence-corrected chi connectivity index (χ0v) is 7.88. The number of nitrogens with one attached hydrogen (secondary N) is 1. The first kappa shape index (κ1) is 9.11. The van der Waals surface area contributed by atoms with Gasteiger partial charge in [0, 0.05) is 12.7 Å². The van der Waals surface area contributed by atoms with Gasteiger partial charge in [-0.05, 0) is 24.7 Å². The lowest BCUT2D eigenvalue weighted by molar-refractivity contribution is 0.178. The lowest BCUT2D eigenvalue weighted by Gasteiger charge is -2.09. The molecular weight excluding hydrogens is 180 g/mol. The molecular formula is C9H12N4O. The van der Waals surface area contributed by atoms with E-state index in [1.165, 1.54) is 6.33 Å². The van der Waals surface area contributed by atoms with Crippen molar-refractivity contribution in [1.29, 1.82) is 0 Å². The van der Waals surface area contributed by atoms with E-state index in [1.54, 1.807) is 17.8 Å². The highest BCUT2D eigenvalue weighted by Crippen LogP contribution is 2.12. The maximum Gasteiger partial charge on any atom is 0.155 e. The first-order valence-electron chi connectivity index (χ1n) is 4.43. The molecule has 0 aliphatic heterocycles. The summed E-state index contributed by atoms with van der Waals surface area (Å²) in [6, 6.07) is 3.67. The Labute approximate surface area is 81.4 Å². The second-order valence-corrected chi connectivity index (χ2v) is 3.10. The molecule has 14 heavy (non-hydrogen) atoms. The molecule has 0 radical (unpaired) electrons. The molecule has 0 saturated carbocycles. The van der Waals surface area contributed by atoms with Crippen molar-refractivity contribution in [1.82, 2.24) is 19.9 Å². The van der Waals surface area contributed by atoms with E-state index in [2.05, 4.69) is 15.4 Å². The van der Waals surface area contributed by atoms with E-state index >= 15 is 0 Å². The largest absolute Gasteiger partial charge is 0.387 e. The summed E-state index contributed by atoms with van der Waals surface area (Å²) in [6.07, 6.45) is 2.78. The van der Waals surface area contributed by atoms with Crippen LogP contribution < -0.4 is 5.32 Å². The van der Waals surface area contributed by atoms with E-state index in [-0.39, 0.29) is 0 Å². The Kier molecular flexibility index (Phi) is 2.43. The lowest BCUT2D eigenvalue weighted by Crippen LogP contribution is -2.16. The average Bonchev–Trinajstić information content (AvgIpc) is 2.64. The molecule has 2 heterocycles. The van der Waals surface area contributed by atoms with Crippen molar-refractivity contribution >= 4 is 5.65 Å². The van der Waals surface area contributed by atoms with Gasteiger partial charge in [-0.1, -0.05) is 0 Å². The van der Waals surface area contributed by atoms with Gasteiger partial charge in [-0.2, -0.15) is 5.10 Å². The molecule has 2 aromatic rings. The highest BCUT2D eigenvalue weighted by molar-refractivity contribution is 5.40. The van der Waals surface area contributed by atoms with Crippen LogP contribution >= 0.6 is 0 Å². The fourth-order valence-electron chi connectivity index (χ4n) is 1.35. The first-order chi connectivity index (χ1) is 6.81. The second kappa shape index (κ2) is 3.73. The van der Waals surface area contributed by atoms with Gasteiger partial charge in [0.25, 0.3) is 0 Å². The number of aromatic nitrogens is 3. The average molecular weight is 192 g/mol. The fraction of sp³-hybridized carbons (Fsp3) is 0.333. The van der Waals surface area contributed by atoms with Crippen LogP contribution in [0.15, 0.2) is 24.7 Å². The molecule has 2 aromatic heterocycles. The van der Waals surface area contributed by atoms with E-state index in [1.807, 2.05) is 12.1 Å². The number of likely N-dealkylation sites (N-methyl/N-ethyl adjacent to an activating group) is 1. The minimum atomic E-state index is -0.498. The number of rotatable bonds is 3. The van der Waals surface area contributed by atoms with Crippen molar-refractivity contribution in [3.63, 3.8) is 0 Å². The van der Waals surface area contributed by atoms with Crippen LogP contribution in [0.5, 0.6) is 0 Å². The normalized spacial score (nSPS) is 13.3. The van der Waals surface area contributed by atoms with Crippen molar-refractivity contribution in [2.24, 2.45) is 0 Å². The number of nitrogens with zero attached hydrogens (tertiary/aromatic N) is 3. The van der Waals surface area contributed by atoms with E-state index in [0.29, 0.717) is 6.54 Å². The van der Waals surface area contributed by atoms with E-state index in [4.69, 9.17) is 0 Å². The molecule has 2 rings (SSSR count). The third-order valence-electron chi connectivity index (χ3n) is 2.09. The van der Waals surface area contributed by atoms with E-state index in [0.717, 1.165) is 11.2 Å². The SMILES string of the molecule is CNCC(O)c1ccn2ncnc2c1. The van der Waals surface area contributed by atoms with Gasteiger partial charge in [0.2, 0.25) is 0 Å². The van der Waals surface area contributed by atoms with Gasteiger partial charge in [0.1, 0.15) is 6.33 Å². The Balaban J connectivity index is 2.33. The summed E-state index contributed by atoms with van der Waals surface area (Å²) in [5.74, 6) is 0. The third kappa shape index (κ3) is 1.59. The van der Waals surface area contributed by atoms with Crippen molar-refractivity contribution in [2.45, 2.75) is 6.10 Å². The minimum Gasteiger partial charge on any atom is -0.387 e. The Morgan fingerprint density at radius 2 is 2.50 bits per heavy atom. The monoisotopic (exact) mass is 192 g/mol. The molecule has 0 aliphatic carbocycles. The van der Waals surface area contributed by atoms with E-state index < -0.39 is 6.10 Å². The Morgan fingerprint density at radius 1 is 1.64 bits per heavy atom. The summed E-state index contributed by atoms with van der Waals surface area (Å²) < 4.78 is 1.66. The van der Waals surface area contributed by atoms with Gasteiger partial charge >= 0.3 is 0 Å². The number of pyridine rings is 1. The predicted octanol–water partition coefficient (Wildman–Crippen LogP) is -0.0179. The molecule has 5 heteroatoms. The highest BCUT2D eigenvalue weighted by atomic mass is 16.3. The zero-order valence-electron chi connectivity index (χ0n) is 7.88. The molecule has 2 N–H and O–H groups in total. The molecule has 1 unspecified atom stereocenters. The van der Waals surface area contributed by atoms with Crippen molar-refractivity contribution in [3.8, 4) is 0 Å². The van der Waals surface area contributed by atoms with Gasteiger partial charge in [-0.3, -0.25) is 0 Å². The van der Waals surface area contributed by atoms with Crippen molar-refractivity contribution < 1.29 is 5.11 Å². The Bertz CT molecular complexity index is 425. The minimum absolute atomic E-state index is 0.498. The number of aliphatic hydroxyl groups is 1. The van der Waals surface area contributed by atoms with Crippen LogP contribution in [-0.4, -0.2) is 33.3 Å². The topological polar surface area (TPSA) is 62.5 Å². The van der Waals surface area contributed by atoms with Gasteiger partial charge in [-0.25, -0.2) is 9.50 Å². The van der Waals surface area contributed by atoms with Gasteiger partial charge in [0.05, 0.1) is 6.10 Å². The quantitative estimate of drug-likeness (QED) is 0.717. The van der Waals surface area contributed by atoms with Crippen LogP contribution in [0.1, 0.15) is 11.7 Å². The zero-order chi connectivity index (χ0) is 9.97. The highest BCUT2D eigenvalue weighted by Gasteiger charge is 2.07. The molecule has 74 valence electrons. The Hall–Kier alpha value is -1.46. The molecule has 1 atom stereocenters. The molecule has 0 aliphatic rings. The third-order valence-corrected chi connectivity index (χ3v) is 2.09. The molecule has 0 bridgehead atoms. The van der Waals surface area contributed by atoms with Gasteiger partial charge in [0.15, 0.2) is 5.65 Å². The van der Waals surface area contributed by atoms with E-state index in [9.17, 15) is 5.11 Å². The lowest BCUT2D eigenvalue weighted by atomic mass is 10.1.